The van der Waals surface area contributed by atoms with Gasteiger partial charge in [0.1, 0.15) is 11.4 Å². The van der Waals surface area contributed by atoms with Crippen molar-refractivity contribution < 1.29 is 9.18 Å². The monoisotopic (exact) mass is 329 g/mol. The van der Waals surface area contributed by atoms with Gasteiger partial charge in [0.2, 0.25) is 5.91 Å². The molecule has 1 N–H and O–H groups in total. The van der Waals surface area contributed by atoms with Crippen molar-refractivity contribution in [3.8, 4) is 6.07 Å². The van der Waals surface area contributed by atoms with E-state index in [2.05, 4.69) is 16.3 Å². The molecule has 1 atom stereocenters. The van der Waals surface area contributed by atoms with Crippen molar-refractivity contribution in [1.29, 1.82) is 5.26 Å². The molecule has 2 aliphatic rings. The topological polar surface area (TPSA) is 56.1 Å². The standard InChI is InChI=1S/C19H24FN3O/c1-19(13-21,15-5-6-15)22-18(24)12-23(17-7-8-17)10-9-14-3-2-4-16(20)11-14/h2-4,11,15,17H,5-10,12H2,1H3,(H,22,24)/t19-/m1/s1. The second-order valence-electron chi connectivity index (χ2n) is 7.22. The van der Waals surface area contributed by atoms with Gasteiger partial charge in [-0.25, -0.2) is 4.39 Å². The molecule has 0 aromatic heterocycles. The molecule has 2 aliphatic carbocycles. The van der Waals surface area contributed by atoms with Crippen LogP contribution in [0, 0.1) is 23.1 Å². The van der Waals surface area contributed by atoms with E-state index in [9.17, 15) is 14.4 Å². The van der Waals surface area contributed by atoms with E-state index >= 15 is 0 Å². The fourth-order valence-electron chi connectivity index (χ4n) is 3.19. The van der Waals surface area contributed by atoms with Crippen molar-refractivity contribution in [3.63, 3.8) is 0 Å². The first-order valence-corrected chi connectivity index (χ1v) is 8.71. The zero-order chi connectivity index (χ0) is 17.2. The maximum Gasteiger partial charge on any atom is 0.235 e. The zero-order valence-corrected chi connectivity index (χ0v) is 14.1. The Bertz CT molecular complexity index is 648. The van der Waals surface area contributed by atoms with E-state index in [1.165, 1.54) is 6.07 Å². The van der Waals surface area contributed by atoms with Crippen LogP contribution in [0.15, 0.2) is 24.3 Å². The molecule has 1 amide bonds. The first-order valence-electron chi connectivity index (χ1n) is 8.71. The van der Waals surface area contributed by atoms with Gasteiger partial charge in [-0.3, -0.25) is 9.69 Å². The van der Waals surface area contributed by atoms with Gasteiger partial charge in [0.05, 0.1) is 12.6 Å². The van der Waals surface area contributed by atoms with Crippen molar-refractivity contribution >= 4 is 5.91 Å². The Kier molecular flexibility index (Phi) is 4.86. The number of benzene rings is 1. The lowest BCUT2D eigenvalue weighted by Gasteiger charge is -2.26. The van der Waals surface area contributed by atoms with Crippen LogP contribution >= 0.6 is 0 Å². The zero-order valence-electron chi connectivity index (χ0n) is 14.1. The molecule has 5 heteroatoms. The molecule has 3 rings (SSSR count). The SMILES string of the molecule is C[C@](C#N)(NC(=O)CN(CCc1cccc(F)c1)C1CC1)C1CC1. The summed E-state index contributed by atoms with van der Waals surface area (Å²) >= 11 is 0. The number of nitriles is 1. The number of carbonyl (C=O) groups excluding carboxylic acids is 1. The Morgan fingerprint density at radius 1 is 1.42 bits per heavy atom. The van der Waals surface area contributed by atoms with Crippen LogP contribution in [-0.2, 0) is 11.2 Å². The summed E-state index contributed by atoms with van der Waals surface area (Å²) in [4.78, 5) is 14.6. The van der Waals surface area contributed by atoms with Gasteiger partial charge in [0, 0.05) is 12.6 Å². The Hall–Kier alpha value is -1.93. The number of halogens is 1. The van der Waals surface area contributed by atoms with Gasteiger partial charge in [-0.15, -0.1) is 0 Å². The highest BCUT2D eigenvalue weighted by atomic mass is 19.1. The highest BCUT2D eigenvalue weighted by Crippen LogP contribution is 2.39. The van der Waals surface area contributed by atoms with E-state index in [1.807, 2.05) is 13.0 Å². The number of hydrogen-bond acceptors (Lipinski definition) is 3. The molecule has 128 valence electrons. The van der Waals surface area contributed by atoms with Crippen LogP contribution in [0.2, 0.25) is 0 Å². The molecule has 24 heavy (non-hydrogen) atoms. The second kappa shape index (κ2) is 6.90. The number of amides is 1. The van der Waals surface area contributed by atoms with E-state index in [0.717, 1.165) is 44.2 Å². The third kappa shape index (κ3) is 4.33. The van der Waals surface area contributed by atoms with Gasteiger partial charge < -0.3 is 5.32 Å². The van der Waals surface area contributed by atoms with E-state index in [4.69, 9.17) is 0 Å². The number of carbonyl (C=O) groups is 1. The van der Waals surface area contributed by atoms with E-state index < -0.39 is 5.54 Å². The summed E-state index contributed by atoms with van der Waals surface area (Å²) in [5, 5.41) is 12.3. The summed E-state index contributed by atoms with van der Waals surface area (Å²) in [6.45, 7) is 2.86. The molecular weight excluding hydrogens is 305 g/mol. The minimum Gasteiger partial charge on any atom is -0.337 e. The molecule has 1 aromatic carbocycles. The minimum atomic E-state index is -0.741. The predicted octanol–water partition coefficient (Wildman–Crippen LogP) is 2.64. The summed E-state index contributed by atoms with van der Waals surface area (Å²) in [5.74, 6) is -0.0253. The molecule has 2 fully saturated rings. The van der Waals surface area contributed by atoms with Crippen LogP contribution in [0.1, 0.15) is 38.2 Å². The van der Waals surface area contributed by atoms with Gasteiger partial charge >= 0.3 is 0 Å². The molecule has 4 nitrogen and oxygen atoms in total. The summed E-state index contributed by atoms with van der Waals surface area (Å²) in [6.07, 6.45) is 4.95. The lowest BCUT2D eigenvalue weighted by Crippen LogP contribution is -2.50. The number of nitrogens with zero attached hydrogens (tertiary/aromatic N) is 2. The molecule has 0 saturated heterocycles. The fraction of sp³-hybridized carbons (Fsp3) is 0.579. The normalized spacial score (nSPS) is 19.6. The van der Waals surface area contributed by atoms with Crippen molar-refractivity contribution in [3.05, 3.63) is 35.6 Å². The summed E-state index contributed by atoms with van der Waals surface area (Å²) in [5.41, 5.74) is 0.204. The smallest absolute Gasteiger partial charge is 0.235 e. The lowest BCUT2D eigenvalue weighted by atomic mass is 9.98. The van der Waals surface area contributed by atoms with Crippen molar-refractivity contribution in [2.24, 2.45) is 5.92 Å². The largest absolute Gasteiger partial charge is 0.337 e. The maximum atomic E-state index is 13.3. The molecule has 0 spiro atoms. The van der Waals surface area contributed by atoms with E-state index in [1.54, 1.807) is 12.1 Å². The van der Waals surface area contributed by atoms with Gasteiger partial charge in [0.25, 0.3) is 0 Å². The summed E-state index contributed by atoms with van der Waals surface area (Å²) in [7, 11) is 0. The van der Waals surface area contributed by atoms with Crippen LogP contribution in [0.3, 0.4) is 0 Å². The Balaban J connectivity index is 1.54. The summed E-state index contributed by atoms with van der Waals surface area (Å²) < 4.78 is 13.3. The van der Waals surface area contributed by atoms with Crippen molar-refractivity contribution in [2.75, 3.05) is 13.1 Å². The first kappa shape index (κ1) is 16.9. The summed E-state index contributed by atoms with van der Waals surface area (Å²) in [6, 6.07) is 9.32. The van der Waals surface area contributed by atoms with Gasteiger partial charge in [-0.1, -0.05) is 12.1 Å². The molecule has 1 aromatic rings. The molecule has 0 radical (unpaired) electrons. The average molecular weight is 329 g/mol. The highest BCUT2D eigenvalue weighted by Gasteiger charge is 2.43. The number of rotatable bonds is 8. The van der Waals surface area contributed by atoms with Crippen molar-refractivity contribution in [2.45, 2.75) is 50.6 Å². The Morgan fingerprint density at radius 3 is 2.75 bits per heavy atom. The maximum absolute atomic E-state index is 13.3. The minimum absolute atomic E-state index is 0.0860. The van der Waals surface area contributed by atoms with E-state index in [-0.39, 0.29) is 17.6 Å². The van der Waals surface area contributed by atoms with Crippen LogP contribution in [-0.4, -0.2) is 35.5 Å². The van der Waals surface area contributed by atoms with Gasteiger partial charge in [-0.2, -0.15) is 5.26 Å². The third-order valence-corrected chi connectivity index (χ3v) is 5.01. The van der Waals surface area contributed by atoms with Gasteiger partial charge in [-0.05, 0) is 62.6 Å². The average Bonchev–Trinajstić information content (AvgIpc) is 3.42. The van der Waals surface area contributed by atoms with Crippen LogP contribution in [0.4, 0.5) is 4.39 Å². The third-order valence-electron chi connectivity index (χ3n) is 5.01. The van der Waals surface area contributed by atoms with Crippen molar-refractivity contribution in [1.82, 2.24) is 10.2 Å². The molecule has 0 aliphatic heterocycles. The number of nitrogens with one attached hydrogen (secondary N) is 1. The molecule has 0 unspecified atom stereocenters. The molecule has 2 saturated carbocycles. The van der Waals surface area contributed by atoms with E-state index in [0.29, 0.717) is 12.6 Å². The Labute approximate surface area is 142 Å². The second-order valence-corrected chi connectivity index (χ2v) is 7.22. The fourth-order valence-corrected chi connectivity index (χ4v) is 3.19. The predicted molar refractivity (Wildman–Crippen MR) is 89.6 cm³/mol. The molecular formula is C19H24FN3O. The quantitative estimate of drug-likeness (QED) is 0.798. The van der Waals surface area contributed by atoms with Crippen LogP contribution < -0.4 is 5.32 Å². The molecule has 0 heterocycles. The lowest BCUT2D eigenvalue weighted by molar-refractivity contribution is -0.123. The number of hydrogen-bond donors (Lipinski definition) is 1. The van der Waals surface area contributed by atoms with Crippen LogP contribution in [0.25, 0.3) is 0 Å². The first-order chi connectivity index (χ1) is 11.5. The van der Waals surface area contributed by atoms with Gasteiger partial charge in [0.15, 0.2) is 0 Å². The van der Waals surface area contributed by atoms with Crippen LogP contribution in [0.5, 0.6) is 0 Å². The highest BCUT2D eigenvalue weighted by molar-refractivity contribution is 5.79. The Morgan fingerprint density at radius 2 is 2.17 bits per heavy atom. The molecule has 0 bridgehead atoms.